The van der Waals surface area contributed by atoms with Crippen molar-refractivity contribution in [1.29, 1.82) is 0 Å². The van der Waals surface area contributed by atoms with Crippen LogP contribution in [0.3, 0.4) is 0 Å². The summed E-state index contributed by atoms with van der Waals surface area (Å²) in [4.78, 5) is 13.7. The predicted octanol–water partition coefficient (Wildman–Crippen LogP) is 1.62. The van der Waals surface area contributed by atoms with Gasteiger partial charge in [0.1, 0.15) is 0 Å². The van der Waals surface area contributed by atoms with Gasteiger partial charge in [0, 0.05) is 25.2 Å². The first kappa shape index (κ1) is 12.3. The van der Waals surface area contributed by atoms with Crippen molar-refractivity contribution in [2.45, 2.75) is 31.3 Å². The highest BCUT2D eigenvalue weighted by Crippen LogP contribution is 2.32. The van der Waals surface area contributed by atoms with Crippen LogP contribution in [0.1, 0.15) is 29.6 Å². The van der Waals surface area contributed by atoms with E-state index in [1.165, 1.54) is 12.8 Å². The molecule has 0 amide bonds. The molecule has 1 aliphatic carbocycles. The summed E-state index contributed by atoms with van der Waals surface area (Å²) in [7, 11) is 0. The lowest BCUT2D eigenvalue weighted by Crippen LogP contribution is -2.28. The van der Waals surface area contributed by atoms with Crippen LogP contribution in [0.4, 0.5) is 11.4 Å². The molecule has 1 aliphatic heterocycles. The van der Waals surface area contributed by atoms with Crippen LogP contribution in [-0.2, 0) is 0 Å². The highest BCUT2D eigenvalue weighted by Gasteiger charge is 2.34. The third kappa shape index (κ3) is 2.51. The number of para-hydroxylation sites is 1. The molecule has 4 N–H and O–H groups in total. The summed E-state index contributed by atoms with van der Waals surface area (Å²) < 4.78 is 0. The fourth-order valence-corrected chi connectivity index (χ4v) is 2.79. The van der Waals surface area contributed by atoms with Crippen LogP contribution in [0.5, 0.6) is 0 Å². The molecule has 102 valence electrons. The maximum atomic E-state index is 11.2. The molecule has 1 heterocycles. The predicted molar refractivity (Wildman–Crippen MR) is 74.4 cm³/mol. The van der Waals surface area contributed by atoms with E-state index in [9.17, 15) is 9.90 Å². The van der Waals surface area contributed by atoms with Crippen LogP contribution in [0, 0.1) is 0 Å². The second kappa shape index (κ2) is 4.74. The molecule has 2 aliphatic rings. The Kier molecular flexibility index (Phi) is 3.06. The number of rotatable bonds is 4. The molecule has 1 atom stereocenters. The SMILES string of the molecule is Nc1cccc(C(=O)O)c1NC1CCN(C2CC2)C1. The number of carboxylic acid groups (broad SMARTS) is 1. The smallest absolute Gasteiger partial charge is 0.337 e. The Balaban J connectivity index is 1.74. The molecule has 1 unspecified atom stereocenters. The van der Waals surface area contributed by atoms with E-state index < -0.39 is 5.97 Å². The van der Waals surface area contributed by atoms with Crippen LogP contribution < -0.4 is 11.1 Å². The first-order valence-corrected chi connectivity index (χ1v) is 6.77. The lowest BCUT2D eigenvalue weighted by molar-refractivity contribution is 0.0698. The van der Waals surface area contributed by atoms with E-state index >= 15 is 0 Å². The lowest BCUT2D eigenvalue weighted by Gasteiger charge is -2.19. The number of benzene rings is 1. The number of anilines is 2. The summed E-state index contributed by atoms with van der Waals surface area (Å²) >= 11 is 0. The standard InChI is InChI=1S/C14H19N3O2/c15-12-3-1-2-11(14(18)19)13(12)16-9-6-7-17(8-9)10-4-5-10/h1-3,9-10,16H,4-8,15H2,(H,18,19). The molecule has 0 aromatic heterocycles. The van der Waals surface area contributed by atoms with Crippen LogP contribution >= 0.6 is 0 Å². The quantitative estimate of drug-likeness (QED) is 0.718. The summed E-state index contributed by atoms with van der Waals surface area (Å²) in [6.45, 7) is 2.08. The van der Waals surface area contributed by atoms with Gasteiger partial charge in [0.15, 0.2) is 0 Å². The van der Waals surface area contributed by atoms with Crippen molar-refractivity contribution >= 4 is 17.3 Å². The number of aromatic carboxylic acids is 1. The Morgan fingerprint density at radius 1 is 1.37 bits per heavy atom. The van der Waals surface area contributed by atoms with E-state index in [0.717, 1.165) is 25.6 Å². The number of carboxylic acids is 1. The van der Waals surface area contributed by atoms with Gasteiger partial charge >= 0.3 is 5.97 Å². The Morgan fingerprint density at radius 2 is 2.16 bits per heavy atom. The van der Waals surface area contributed by atoms with E-state index in [-0.39, 0.29) is 5.56 Å². The van der Waals surface area contributed by atoms with Gasteiger partial charge in [-0.3, -0.25) is 4.90 Å². The van der Waals surface area contributed by atoms with Gasteiger partial charge in [-0.1, -0.05) is 6.07 Å². The van der Waals surface area contributed by atoms with Crippen molar-refractivity contribution in [3.8, 4) is 0 Å². The molecular weight excluding hydrogens is 242 g/mol. The van der Waals surface area contributed by atoms with Gasteiger partial charge < -0.3 is 16.2 Å². The van der Waals surface area contributed by atoms with Gasteiger partial charge in [-0.2, -0.15) is 0 Å². The van der Waals surface area contributed by atoms with E-state index in [2.05, 4.69) is 10.2 Å². The van der Waals surface area contributed by atoms with Crippen molar-refractivity contribution in [3.05, 3.63) is 23.8 Å². The van der Waals surface area contributed by atoms with Crippen LogP contribution in [-0.4, -0.2) is 41.1 Å². The minimum Gasteiger partial charge on any atom is -0.478 e. The van der Waals surface area contributed by atoms with E-state index in [1.54, 1.807) is 18.2 Å². The maximum Gasteiger partial charge on any atom is 0.337 e. The molecule has 1 saturated carbocycles. The molecule has 0 spiro atoms. The van der Waals surface area contributed by atoms with E-state index in [1.807, 2.05) is 0 Å². The van der Waals surface area contributed by atoms with Gasteiger partial charge in [-0.25, -0.2) is 4.79 Å². The molecule has 3 rings (SSSR count). The fraction of sp³-hybridized carbons (Fsp3) is 0.500. The topological polar surface area (TPSA) is 78.6 Å². The number of hydrogen-bond donors (Lipinski definition) is 3. The number of nitrogens with two attached hydrogens (primary N) is 1. The maximum absolute atomic E-state index is 11.2. The molecule has 0 radical (unpaired) electrons. The van der Waals surface area contributed by atoms with Crippen LogP contribution in [0.15, 0.2) is 18.2 Å². The summed E-state index contributed by atoms with van der Waals surface area (Å²) in [5.74, 6) is -0.938. The molecule has 2 fully saturated rings. The second-order valence-corrected chi connectivity index (χ2v) is 5.43. The van der Waals surface area contributed by atoms with Gasteiger partial charge in [-0.05, 0) is 31.4 Å². The number of nitrogens with one attached hydrogen (secondary N) is 1. The first-order chi connectivity index (χ1) is 9.15. The fourth-order valence-electron chi connectivity index (χ4n) is 2.79. The molecule has 1 saturated heterocycles. The second-order valence-electron chi connectivity index (χ2n) is 5.43. The number of nitrogen functional groups attached to an aromatic ring is 1. The Morgan fingerprint density at radius 3 is 2.84 bits per heavy atom. The van der Waals surface area contributed by atoms with Gasteiger partial charge in [0.25, 0.3) is 0 Å². The zero-order valence-electron chi connectivity index (χ0n) is 10.8. The third-order valence-corrected chi connectivity index (χ3v) is 3.96. The summed E-state index contributed by atoms with van der Waals surface area (Å²) in [6, 6.07) is 6.06. The van der Waals surface area contributed by atoms with Crippen molar-refractivity contribution in [2.24, 2.45) is 0 Å². The van der Waals surface area contributed by atoms with Crippen molar-refractivity contribution < 1.29 is 9.90 Å². The largest absolute Gasteiger partial charge is 0.478 e. The summed E-state index contributed by atoms with van der Waals surface area (Å²) in [6.07, 6.45) is 3.66. The van der Waals surface area contributed by atoms with Crippen molar-refractivity contribution in [1.82, 2.24) is 4.90 Å². The monoisotopic (exact) mass is 261 g/mol. The summed E-state index contributed by atoms with van der Waals surface area (Å²) in [5, 5.41) is 12.5. The molecule has 5 heteroatoms. The third-order valence-electron chi connectivity index (χ3n) is 3.96. The number of nitrogens with zero attached hydrogens (tertiary/aromatic N) is 1. The average molecular weight is 261 g/mol. The Labute approximate surface area is 112 Å². The lowest BCUT2D eigenvalue weighted by atomic mass is 10.1. The molecule has 19 heavy (non-hydrogen) atoms. The van der Waals surface area contributed by atoms with Crippen molar-refractivity contribution in [3.63, 3.8) is 0 Å². The van der Waals surface area contributed by atoms with E-state index in [4.69, 9.17) is 5.73 Å². The molecule has 1 aromatic rings. The normalized spacial score (nSPS) is 23.5. The minimum absolute atomic E-state index is 0.255. The number of likely N-dealkylation sites (tertiary alicyclic amines) is 1. The van der Waals surface area contributed by atoms with Gasteiger partial charge in [0.2, 0.25) is 0 Å². The highest BCUT2D eigenvalue weighted by molar-refractivity contribution is 5.97. The number of hydrogen-bond acceptors (Lipinski definition) is 4. The molecule has 0 bridgehead atoms. The first-order valence-electron chi connectivity index (χ1n) is 6.77. The summed E-state index contributed by atoms with van der Waals surface area (Å²) in [5.41, 5.74) is 7.23. The average Bonchev–Trinajstić information content (AvgIpc) is 3.12. The van der Waals surface area contributed by atoms with Gasteiger partial charge in [-0.15, -0.1) is 0 Å². The van der Waals surface area contributed by atoms with Crippen molar-refractivity contribution in [2.75, 3.05) is 24.1 Å². The van der Waals surface area contributed by atoms with E-state index in [0.29, 0.717) is 17.4 Å². The Hall–Kier alpha value is -1.75. The molecular formula is C14H19N3O2. The van der Waals surface area contributed by atoms with Gasteiger partial charge in [0.05, 0.1) is 16.9 Å². The zero-order chi connectivity index (χ0) is 13.4. The van der Waals surface area contributed by atoms with Crippen LogP contribution in [0.2, 0.25) is 0 Å². The highest BCUT2D eigenvalue weighted by atomic mass is 16.4. The Bertz CT molecular complexity index is 499. The molecule has 1 aromatic carbocycles. The molecule has 5 nitrogen and oxygen atoms in total. The van der Waals surface area contributed by atoms with Crippen LogP contribution in [0.25, 0.3) is 0 Å². The zero-order valence-corrected chi connectivity index (χ0v) is 10.8. The minimum atomic E-state index is -0.938. The number of carbonyl (C=O) groups is 1.